The van der Waals surface area contributed by atoms with Gasteiger partial charge in [-0.05, 0) is 37.8 Å². The van der Waals surface area contributed by atoms with Gasteiger partial charge in [0.1, 0.15) is 5.76 Å². The Morgan fingerprint density at radius 3 is 2.38 bits per heavy atom. The van der Waals surface area contributed by atoms with Gasteiger partial charge >= 0.3 is 12.0 Å². The smallest absolute Gasteiger partial charge is 0.320 e. The van der Waals surface area contributed by atoms with Gasteiger partial charge in [-0.2, -0.15) is 0 Å². The van der Waals surface area contributed by atoms with Crippen molar-refractivity contribution < 1.29 is 19.1 Å². The minimum Gasteiger partial charge on any atom is -0.481 e. The molecule has 2 fully saturated rings. The van der Waals surface area contributed by atoms with Crippen LogP contribution in [0.25, 0.3) is 0 Å². The van der Waals surface area contributed by atoms with Gasteiger partial charge in [-0.3, -0.25) is 4.79 Å². The van der Waals surface area contributed by atoms with Crippen molar-refractivity contribution in [3.63, 3.8) is 0 Å². The first-order valence-corrected chi connectivity index (χ1v) is 7.46. The van der Waals surface area contributed by atoms with Crippen LogP contribution in [-0.4, -0.2) is 45.5 Å². The Labute approximate surface area is 123 Å². The van der Waals surface area contributed by atoms with Crippen LogP contribution in [0, 0.1) is 0 Å². The maximum Gasteiger partial charge on any atom is 0.320 e. The third-order valence-corrected chi connectivity index (χ3v) is 3.94. The van der Waals surface area contributed by atoms with Gasteiger partial charge in [-0.15, -0.1) is 0 Å². The Morgan fingerprint density at radius 2 is 1.86 bits per heavy atom. The number of carbonyl (C=O) groups excluding carboxylic acids is 1. The zero-order chi connectivity index (χ0) is 14.8. The van der Waals surface area contributed by atoms with Crippen LogP contribution in [0.3, 0.4) is 0 Å². The van der Waals surface area contributed by atoms with Crippen molar-refractivity contribution in [2.24, 2.45) is 0 Å². The van der Waals surface area contributed by atoms with E-state index in [1.807, 2.05) is 17.0 Å². The molecule has 21 heavy (non-hydrogen) atoms. The Morgan fingerprint density at radius 1 is 1.19 bits per heavy atom. The number of furan rings is 1. The minimum absolute atomic E-state index is 0.00149. The quantitative estimate of drug-likeness (QED) is 0.837. The van der Waals surface area contributed by atoms with Crippen LogP contribution in [0.2, 0.25) is 0 Å². The fraction of sp³-hybridized carbons (Fsp3) is 0.600. The highest BCUT2D eigenvalue weighted by Gasteiger charge is 2.40. The molecule has 1 aromatic heterocycles. The number of carboxylic acid groups (broad SMARTS) is 1. The van der Waals surface area contributed by atoms with Gasteiger partial charge < -0.3 is 19.3 Å². The molecular formula is C15H20N2O4. The lowest BCUT2D eigenvalue weighted by Gasteiger charge is -2.30. The molecule has 2 saturated carbocycles. The summed E-state index contributed by atoms with van der Waals surface area (Å²) in [7, 11) is 0. The second-order valence-corrected chi connectivity index (χ2v) is 5.79. The van der Waals surface area contributed by atoms with Gasteiger partial charge in [-0.1, -0.05) is 0 Å². The molecule has 1 heterocycles. The molecule has 0 spiro atoms. The molecule has 1 aromatic rings. The molecule has 0 aliphatic heterocycles. The molecule has 3 rings (SSSR count). The molecule has 0 unspecified atom stereocenters. The SMILES string of the molecule is O=C(O)CCN(C(=O)N(Cc1ccco1)C1CC1)C1CC1. The molecule has 0 radical (unpaired) electrons. The van der Waals surface area contributed by atoms with Gasteiger partial charge in [0.2, 0.25) is 0 Å². The zero-order valence-corrected chi connectivity index (χ0v) is 11.9. The number of carboxylic acids is 1. The van der Waals surface area contributed by atoms with E-state index in [9.17, 15) is 9.59 Å². The molecule has 2 amide bonds. The number of urea groups is 1. The number of nitrogens with zero attached hydrogens (tertiary/aromatic N) is 2. The fourth-order valence-corrected chi connectivity index (χ4v) is 2.51. The van der Waals surface area contributed by atoms with Crippen molar-refractivity contribution in [2.45, 2.75) is 50.7 Å². The number of rotatable bonds is 7. The average Bonchev–Trinajstić information content (AvgIpc) is 3.37. The summed E-state index contributed by atoms with van der Waals surface area (Å²) >= 11 is 0. The van der Waals surface area contributed by atoms with E-state index in [2.05, 4.69) is 0 Å². The lowest BCUT2D eigenvalue weighted by Crippen LogP contribution is -2.45. The maximum absolute atomic E-state index is 12.8. The van der Waals surface area contributed by atoms with Crippen LogP contribution in [0.4, 0.5) is 4.79 Å². The topological polar surface area (TPSA) is 74.0 Å². The Bertz CT molecular complexity index is 506. The molecular weight excluding hydrogens is 272 g/mol. The van der Waals surface area contributed by atoms with Crippen molar-refractivity contribution in [2.75, 3.05) is 6.54 Å². The van der Waals surface area contributed by atoms with E-state index in [0.717, 1.165) is 31.4 Å². The van der Waals surface area contributed by atoms with Crippen LogP contribution in [0.5, 0.6) is 0 Å². The Kier molecular flexibility index (Phi) is 3.86. The van der Waals surface area contributed by atoms with E-state index in [0.29, 0.717) is 13.1 Å². The van der Waals surface area contributed by atoms with Crippen LogP contribution < -0.4 is 0 Å². The van der Waals surface area contributed by atoms with E-state index in [4.69, 9.17) is 9.52 Å². The van der Waals surface area contributed by atoms with Gasteiger partial charge in [-0.25, -0.2) is 4.79 Å². The molecule has 6 heteroatoms. The second-order valence-electron chi connectivity index (χ2n) is 5.79. The van der Waals surface area contributed by atoms with E-state index >= 15 is 0 Å². The zero-order valence-electron chi connectivity index (χ0n) is 11.9. The number of hydrogen-bond acceptors (Lipinski definition) is 3. The van der Waals surface area contributed by atoms with Crippen molar-refractivity contribution in [1.29, 1.82) is 0 Å². The van der Waals surface area contributed by atoms with E-state index in [1.54, 1.807) is 11.2 Å². The van der Waals surface area contributed by atoms with Crippen molar-refractivity contribution in [1.82, 2.24) is 9.80 Å². The Hall–Kier alpha value is -1.98. The molecule has 2 aliphatic rings. The largest absolute Gasteiger partial charge is 0.481 e. The number of carbonyl (C=O) groups is 2. The third kappa shape index (κ3) is 3.56. The van der Waals surface area contributed by atoms with Crippen LogP contribution in [0.1, 0.15) is 37.9 Å². The van der Waals surface area contributed by atoms with Gasteiger partial charge in [0, 0.05) is 18.6 Å². The van der Waals surface area contributed by atoms with Crippen molar-refractivity contribution >= 4 is 12.0 Å². The summed E-state index contributed by atoms with van der Waals surface area (Å²) in [5.41, 5.74) is 0. The first kappa shape index (κ1) is 14.0. The standard InChI is InChI=1S/C15H20N2O4/c18-14(19)7-8-16(11-3-4-11)15(20)17(12-5-6-12)10-13-2-1-9-21-13/h1-2,9,11-12H,3-8,10H2,(H,18,19). The second kappa shape index (κ2) is 5.79. The van der Waals surface area contributed by atoms with E-state index < -0.39 is 5.97 Å². The highest BCUT2D eigenvalue weighted by atomic mass is 16.4. The Balaban J connectivity index is 1.67. The number of hydrogen-bond donors (Lipinski definition) is 1. The summed E-state index contributed by atoms with van der Waals surface area (Å²) in [6.45, 7) is 0.757. The molecule has 2 aliphatic carbocycles. The lowest BCUT2D eigenvalue weighted by molar-refractivity contribution is -0.137. The lowest BCUT2D eigenvalue weighted by atomic mass is 10.3. The molecule has 0 saturated heterocycles. The third-order valence-electron chi connectivity index (χ3n) is 3.94. The van der Waals surface area contributed by atoms with E-state index in [1.165, 1.54) is 0 Å². The number of aliphatic carboxylic acids is 1. The average molecular weight is 292 g/mol. The van der Waals surface area contributed by atoms with Gasteiger partial charge in [0.25, 0.3) is 0 Å². The highest BCUT2D eigenvalue weighted by Crippen LogP contribution is 2.33. The monoisotopic (exact) mass is 292 g/mol. The molecule has 0 bridgehead atoms. The normalized spacial score (nSPS) is 17.5. The minimum atomic E-state index is -0.863. The molecule has 6 nitrogen and oxygen atoms in total. The number of amides is 2. The maximum atomic E-state index is 12.8. The molecule has 1 N–H and O–H groups in total. The summed E-state index contributed by atoms with van der Waals surface area (Å²) in [5.74, 6) is -0.0957. The van der Waals surface area contributed by atoms with Crippen molar-refractivity contribution in [3.8, 4) is 0 Å². The van der Waals surface area contributed by atoms with Gasteiger partial charge in [0.05, 0.1) is 19.2 Å². The first-order chi connectivity index (χ1) is 10.1. The first-order valence-electron chi connectivity index (χ1n) is 7.46. The summed E-state index contributed by atoms with van der Waals surface area (Å²) in [4.78, 5) is 27.1. The van der Waals surface area contributed by atoms with E-state index in [-0.39, 0.29) is 24.5 Å². The molecule has 0 atom stereocenters. The fourth-order valence-electron chi connectivity index (χ4n) is 2.51. The summed E-state index contributed by atoms with van der Waals surface area (Å²) < 4.78 is 5.34. The highest BCUT2D eigenvalue weighted by molar-refractivity contribution is 5.77. The predicted octanol–water partition coefficient (Wildman–Crippen LogP) is 2.30. The van der Waals surface area contributed by atoms with Gasteiger partial charge in [0.15, 0.2) is 0 Å². The van der Waals surface area contributed by atoms with Crippen LogP contribution in [0.15, 0.2) is 22.8 Å². The summed E-state index contributed by atoms with van der Waals surface area (Å²) in [6, 6.07) is 4.12. The summed E-state index contributed by atoms with van der Waals surface area (Å²) in [5, 5.41) is 8.85. The van der Waals surface area contributed by atoms with Crippen LogP contribution in [-0.2, 0) is 11.3 Å². The van der Waals surface area contributed by atoms with Crippen molar-refractivity contribution in [3.05, 3.63) is 24.2 Å². The predicted molar refractivity (Wildman–Crippen MR) is 74.6 cm³/mol. The molecule has 0 aromatic carbocycles. The molecule has 114 valence electrons. The summed E-state index contributed by atoms with van der Waals surface area (Å²) in [6.07, 6.45) is 5.60. The van der Waals surface area contributed by atoms with Crippen LogP contribution >= 0.6 is 0 Å².